The number of amides is 1. The van der Waals surface area contributed by atoms with Gasteiger partial charge in [0.25, 0.3) is 0 Å². The van der Waals surface area contributed by atoms with Crippen LogP contribution in [-0.4, -0.2) is 33.0 Å². The second kappa shape index (κ2) is 10.6. The molecule has 1 unspecified atom stereocenters. The number of anilines is 1. The summed E-state index contributed by atoms with van der Waals surface area (Å²) in [5, 5.41) is 18.5. The van der Waals surface area contributed by atoms with Crippen molar-refractivity contribution in [1.82, 2.24) is 15.3 Å². The minimum Gasteiger partial charge on any atom is -0.478 e. The number of carboxylic acids is 1. The fourth-order valence-corrected chi connectivity index (χ4v) is 3.99. The Bertz CT molecular complexity index is 1220. The maximum atomic E-state index is 13.3. The zero-order chi connectivity index (χ0) is 23.0. The van der Waals surface area contributed by atoms with E-state index in [0.717, 1.165) is 16.1 Å². The molecule has 33 heavy (non-hydrogen) atoms. The van der Waals surface area contributed by atoms with Crippen LogP contribution in [0.4, 0.5) is 5.69 Å². The van der Waals surface area contributed by atoms with Crippen LogP contribution in [0.5, 0.6) is 0 Å². The highest BCUT2D eigenvalue weighted by molar-refractivity contribution is 7.09. The standard InChI is InChI=1S/C25H22N4O3S/c30-24(22(12-17-4-2-1-3-5-17)28-16-23-27-10-11-33-23)29-21-14-19(13-20(15-21)25(31)32)18-6-8-26-9-7-18/h1-11,13-15,22,28H,12,16H2,(H,29,30)(H,31,32). The van der Waals surface area contributed by atoms with Crippen molar-refractivity contribution in [3.63, 3.8) is 0 Å². The molecule has 0 saturated heterocycles. The summed E-state index contributed by atoms with van der Waals surface area (Å²) in [6, 6.07) is 17.6. The minimum atomic E-state index is -1.07. The number of carbonyl (C=O) groups excluding carboxylic acids is 1. The normalized spacial score (nSPS) is 11.6. The monoisotopic (exact) mass is 458 g/mol. The molecular weight excluding hydrogens is 436 g/mol. The van der Waals surface area contributed by atoms with E-state index in [1.54, 1.807) is 42.9 Å². The number of carbonyl (C=O) groups is 2. The molecule has 8 heteroatoms. The molecule has 0 aliphatic carbocycles. The lowest BCUT2D eigenvalue weighted by molar-refractivity contribution is -0.118. The van der Waals surface area contributed by atoms with Gasteiger partial charge in [0.2, 0.25) is 5.91 Å². The summed E-state index contributed by atoms with van der Waals surface area (Å²) in [4.78, 5) is 33.2. The van der Waals surface area contributed by atoms with Crippen LogP contribution >= 0.6 is 11.3 Å². The number of rotatable bonds is 9. The first-order valence-electron chi connectivity index (χ1n) is 10.3. The number of carboxylic acid groups (broad SMARTS) is 1. The third-order valence-electron chi connectivity index (χ3n) is 5.04. The molecule has 0 fully saturated rings. The summed E-state index contributed by atoms with van der Waals surface area (Å²) in [7, 11) is 0. The minimum absolute atomic E-state index is 0.0926. The van der Waals surface area contributed by atoms with Crippen molar-refractivity contribution < 1.29 is 14.7 Å². The van der Waals surface area contributed by atoms with E-state index >= 15 is 0 Å². The van der Waals surface area contributed by atoms with Crippen molar-refractivity contribution in [2.75, 3.05) is 5.32 Å². The molecule has 4 aromatic rings. The first kappa shape index (κ1) is 22.3. The van der Waals surface area contributed by atoms with Gasteiger partial charge < -0.3 is 10.4 Å². The largest absolute Gasteiger partial charge is 0.478 e. The number of aromatic nitrogens is 2. The Balaban J connectivity index is 1.58. The molecule has 4 rings (SSSR count). The quantitative estimate of drug-likeness (QED) is 0.347. The smallest absolute Gasteiger partial charge is 0.335 e. The molecule has 0 saturated carbocycles. The Hall–Kier alpha value is -3.88. The van der Waals surface area contributed by atoms with Crippen LogP contribution in [0.25, 0.3) is 11.1 Å². The van der Waals surface area contributed by atoms with Crippen LogP contribution in [-0.2, 0) is 17.8 Å². The van der Waals surface area contributed by atoms with Crippen LogP contribution in [0.1, 0.15) is 20.9 Å². The number of nitrogens with zero attached hydrogens (tertiary/aromatic N) is 2. The van der Waals surface area contributed by atoms with Gasteiger partial charge in [-0.1, -0.05) is 30.3 Å². The average molecular weight is 459 g/mol. The van der Waals surface area contributed by atoms with Gasteiger partial charge in [-0.2, -0.15) is 0 Å². The van der Waals surface area contributed by atoms with Crippen molar-refractivity contribution >= 4 is 28.9 Å². The Morgan fingerprint density at radius 2 is 1.76 bits per heavy atom. The van der Waals surface area contributed by atoms with Gasteiger partial charge in [-0.25, -0.2) is 9.78 Å². The van der Waals surface area contributed by atoms with Crippen LogP contribution in [0.3, 0.4) is 0 Å². The number of hydrogen-bond donors (Lipinski definition) is 3. The second-order valence-electron chi connectivity index (χ2n) is 7.38. The summed E-state index contributed by atoms with van der Waals surface area (Å²) in [5.41, 5.74) is 3.02. The number of thiazole rings is 1. The van der Waals surface area contributed by atoms with Gasteiger partial charge in [-0.15, -0.1) is 11.3 Å². The molecule has 0 spiro atoms. The van der Waals surface area contributed by atoms with Gasteiger partial charge in [-0.05, 0) is 53.4 Å². The van der Waals surface area contributed by atoms with Crippen LogP contribution in [0.15, 0.2) is 84.6 Å². The summed E-state index contributed by atoms with van der Waals surface area (Å²) in [5.74, 6) is -1.32. The van der Waals surface area contributed by atoms with E-state index in [2.05, 4.69) is 20.6 Å². The number of nitrogens with one attached hydrogen (secondary N) is 2. The van der Waals surface area contributed by atoms with E-state index in [1.807, 2.05) is 35.7 Å². The van der Waals surface area contributed by atoms with Crippen molar-refractivity contribution in [2.24, 2.45) is 0 Å². The van der Waals surface area contributed by atoms with Crippen LogP contribution in [0, 0.1) is 0 Å². The summed E-state index contributed by atoms with van der Waals surface area (Å²) < 4.78 is 0. The average Bonchev–Trinajstić information content (AvgIpc) is 3.36. The van der Waals surface area contributed by atoms with E-state index in [-0.39, 0.29) is 11.5 Å². The molecule has 1 amide bonds. The Labute approximate surface area is 195 Å². The van der Waals surface area contributed by atoms with Crippen LogP contribution < -0.4 is 10.6 Å². The molecule has 2 aromatic carbocycles. The number of hydrogen-bond acceptors (Lipinski definition) is 6. The molecular formula is C25H22N4O3S. The van der Waals surface area contributed by atoms with Gasteiger partial charge in [-0.3, -0.25) is 15.1 Å². The maximum absolute atomic E-state index is 13.3. The van der Waals surface area contributed by atoms with E-state index in [1.165, 1.54) is 17.4 Å². The van der Waals surface area contributed by atoms with Gasteiger partial charge in [0.1, 0.15) is 5.01 Å². The number of aromatic carboxylic acids is 1. The molecule has 3 N–H and O–H groups in total. The third kappa shape index (κ3) is 6.09. The summed E-state index contributed by atoms with van der Waals surface area (Å²) >= 11 is 1.52. The van der Waals surface area contributed by atoms with Crippen molar-refractivity contribution in [3.8, 4) is 11.1 Å². The van der Waals surface area contributed by atoms with Crippen molar-refractivity contribution in [3.05, 3.63) is 101 Å². The first-order chi connectivity index (χ1) is 16.1. The van der Waals surface area contributed by atoms with E-state index in [0.29, 0.717) is 24.2 Å². The Morgan fingerprint density at radius 3 is 2.45 bits per heavy atom. The molecule has 2 aromatic heterocycles. The Morgan fingerprint density at radius 1 is 0.970 bits per heavy atom. The van der Waals surface area contributed by atoms with Crippen molar-refractivity contribution in [1.29, 1.82) is 0 Å². The lowest BCUT2D eigenvalue weighted by Gasteiger charge is -2.19. The summed E-state index contributed by atoms with van der Waals surface area (Å²) in [6.45, 7) is 0.458. The van der Waals surface area contributed by atoms with Gasteiger partial charge in [0.05, 0.1) is 11.6 Å². The molecule has 0 aliphatic rings. The van der Waals surface area contributed by atoms with E-state index < -0.39 is 12.0 Å². The highest BCUT2D eigenvalue weighted by Crippen LogP contribution is 2.25. The molecule has 166 valence electrons. The SMILES string of the molecule is O=C(O)c1cc(NC(=O)C(Cc2ccccc2)NCc2nccs2)cc(-c2ccncc2)c1. The lowest BCUT2D eigenvalue weighted by atomic mass is 10.0. The van der Waals surface area contributed by atoms with Gasteiger partial charge in [0.15, 0.2) is 0 Å². The fraction of sp³-hybridized carbons (Fsp3) is 0.120. The van der Waals surface area contributed by atoms with E-state index in [9.17, 15) is 14.7 Å². The number of benzene rings is 2. The Kier molecular flexibility index (Phi) is 7.19. The molecule has 1 atom stereocenters. The highest BCUT2D eigenvalue weighted by atomic mass is 32.1. The fourth-order valence-electron chi connectivity index (χ4n) is 3.42. The highest BCUT2D eigenvalue weighted by Gasteiger charge is 2.20. The molecule has 0 radical (unpaired) electrons. The topological polar surface area (TPSA) is 104 Å². The van der Waals surface area contributed by atoms with Crippen molar-refractivity contribution in [2.45, 2.75) is 19.0 Å². The first-order valence-corrected chi connectivity index (χ1v) is 11.2. The van der Waals surface area contributed by atoms with Crippen LogP contribution in [0.2, 0.25) is 0 Å². The predicted octanol–water partition coefficient (Wildman–Crippen LogP) is 4.24. The van der Waals surface area contributed by atoms with Gasteiger partial charge >= 0.3 is 5.97 Å². The zero-order valence-corrected chi connectivity index (χ0v) is 18.5. The molecule has 0 bridgehead atoms. The lowest BCUT2D eigenvalue weighted by Crippen LogP contribution is -2.41. The molecule has 7 nitrogen and oxygen atoms in total. The molecule has 0 aliphatic heterocycles. The summed E-state index contributed by atoms with van der Waals surface area (Å²) in [6.07, 6.45) is 5.48. The third-order valence-corrected chi connectivity index (χ3v) is 5.82. The molecule has 2 heterocycles. The van der Waals surface area contributed by atoms with Gasteiger partial charge in [0, 0.05) is 36.2 Å². The predicted molar refractivity (Wildman–Crippen MR) is 128 cm³/mol. The maximum Gasteiger partial charge on any atom is 0.335 e. The van der Waals surface area contributed by atoms with E-state index in [4.69, 9.17) is 0 Å². The number of pyridine rings is 1. The zero-order valence-electron chi connectivity index (χ0n) is 17.6. The second-order valence-corrected chi connectivity index (χ2v) is 8.36.